The maximum Gasteiger partial charge on any atom is 0.320 e. The standard InChI is InChI=1S/C10H19NO2/c1-7-4-5-11(6-8(7)2)9(3)10(12)13/h7-9H,4-6H2,1-3H3,(H,12,13). The van der Waals surface area contributed by atoms with Gasteiger partial charge in [0, 0.05) is 6.54 Å². The molecule has 1 fully saturated rings. The zero-order valence-electron chi connectivity index (χ0n) is 8.66. The minimum atomic E-state index is -0.707. The number of aliphatic carboxylic acids is 1. The molecule has 0 saturated carbocycles. The van der Waals surface area contributed by atoms with E-state index < -0.39 is 5.97 Å². The zero-order valence-corrected chi connectivity index (χ0v) is 8.66. The first-order chi connectivity index (χ1) is 6.02. The molecular weight excluding hydrogens is 166 g/mol. The Balaban J connectivity index is 2.50. The Bertz CT molecular complexity index is 193. The average Bonchev–Trinajstić information content (AvgIpc) is 2.08. The minimum Gasteiger partial charge on any atom is -0.480 e. The molecule has 13 heavy (non-hydrogen) atoms. The molecule has 1 rings (SSSR count). The SMILES string of the molecule is CC1CCN(C(C)C(=O)O)CC1C. The summed E-state index contributed by atoms with van der Waals surface area (Å²) >= 11 is 0. The number of carboxylic acids is 1. The summed E-state index contributed by atoms with van der Waals surface area (Å²) in [5.41, 5.74) is 0. The highest BCUT2D eigenvalue weighted by Crippen LogP contribution is 2.23. The van der Waals surface area contributed by atoms with Gasteiger partial charge in [0.1, 0.15) is 6.04 Å². The molecular formula is C10H19NO2. The highest BCUT2D eigenvalue weighted by molar-refractivity contribution is 5.72. The van der Waals surface area contributed by atoms with E-state index in [9.17, 15) is 4.79 Å². The normalized spacial score (nSPS) is 32.8. The molecule has 76 valence electrons. The van der Waals surface area contributed by atoms with E-state index in [-0.39, 0.29) is 6.04 Å². The topological polar surface area (TPSA) is 40.5 Å². The van der Waals surface area contributed by atoms with E-state index in [4.69, 9.17) is 5.11 Å². The summed E-state index contributed by atoms with van der Waals surface area (Å²) in [5, 5.41) is 8.84. The second-order valence-electron chi connectivity index (χ2n) is 4.25. The zero-order chi connectivity index (χ0) is 10.0. The molecule has 1 N–H and O–H groups in total. The molecule has 3 unspecified atom stereocenters. The molecule has 0 aromatic carbocycles. The first-order valence-electron chi connectivity index (χ1n) is 4.99. The lowest BCUT2D eigenvalue weighted by Crippen LogP contribution is -2.46. The van der Waals surface area contributed by atoms with Crippen molar-refractivity contribution in [2.45, 2.75) is 33.2 Å². The van der Waals surface area contributed by atoms with Crippen LogP contribution in [0.2, 0.25) is 0 Å². The number of hydrogen-bond donors (Lipinski definition) is 1. The van der Waals surface area contributed by atoms with Gasteiger partial charge in [-0.3, -0.25) is 9.69 Å². The molecule has 0 aromatic heterocycles. The molecule has 0 aliphatic carbocycles. The van der Waals surface area contributed by atoms with Crippen molar-refractivity contribution < 1.29 is 9.90 Å². The van der Waals surface area contributed by atoms with Crippen LogP contribution in [0.1, 0.15) is 27.2 Å². The van der Waals surface area contributed by atoms with Gasteiger partial charge < -0.3 is 5.11 Å². The molecule has 0 aromatic rings. The fraction of sp³-hybridized carbons (Fsp3) is 0.900. The van der Waals surface area contributed by atoms with E-state index >= 15 is 0 Å². The van der Waals surface area contributed by atoms with Gasteiger partial charge in [0.2, 0.25) is 0 Å². The van der Waals surface area contributed by atoms with E-state index in [2.05, 4.69) is 18.7 Å². The third-order valence-corrected chi connectivity index (χ3v) is 3.27. The van der Waals surface area contributed by atoms with Crippen LogP contribution in [-0.2, 0) is 4.79 Å². The highest BCUT2D eigenvalue weighted by atomic mass is 16.4. The Kier molecular flexibility index (Phi) is 3.31. The van der Waals surface area contributed by atoms with Gasteiger partial charge in [-0.05, 0) is 31.7 Å². The molecule has 1 heterocycles. The largest absolute Gasteiger partial charge is 0.480 e. The quantitative estimate of drug-likeness (QED) is 0.707. The number of piperidine rings is 1. The molecule has 0 spiro atoms. The van der Waals surface area contributed by atoms with Crippen molar-refractivity contribution in [2.75, 3.05) is 13.1 Å². The van der Waals surface area contributed by atoms with Gasteiger partial charge in [-0.1, -0.05) is 13.8 Å². The molecule has 1 saturated heterocycles. The average molecular weight is 185 g/mol. The summed E-state index contributed by atoms with van der Waals surface area (Å²) in [6.45, 7) is 8.07. The van der Waals surface area contributed by atoms with Gasteiger partial charge >= 0.3 is 5.97 Å². The van der Waals surface area contributed by atoms with Crippen LogP contribution in [0, 0.1) is 11.8 Å². The summed E-state index contributed by atoms with van der Waals surface area (Å²) in [5.74, 6) is 0.648. The van der Waals surface area contributed by atoms with E-state index in [0.717, 1.165) is 25.4 Å². The molecule has 1 aliphatic rings. The number of carbonyl (C=O) groups is 1. The fourth-order valence-corrected chi connectivity index (χ4v) is 1.80. The van der Waals surface area contributed by atoms with Crippen LogP contribution in [0.3, 0.4) is 0 Å². The van der Waals surface area contributed by atoms with Crippen LogP contribution in [0.5, 0.6) is 0 Å². The predicted molar refractivity (Wildman–Crippen MR) is 51.6 cm³/mol. The Morgan fingerprint density at radius 2 is 2.08 bits per heavy atom. The van der Waals surface area contributed by atoms with E-state index in [1.165, 1.54) is 0 Å². The van der Waals surface area contributed by atoms with Gasteiger partial charge in [0.05, 0.1) is 0 Å². The van der Waals surface area contributed by atoms with Gasteiger partial charge in [-0.15, -0.1) is 0 Å². The van der Waals surface area contributed by atoms with Gasteiger partial charge in [-0.25, -0.2) is 0 Å². The van der Waals surface area contributed by atoms with Crippen molar-refractivity contribution >= 4 is 5.97 Å². The van der Waals surface area contributed by atoms with Gasteiger partial charge in [-0.2, -0.15) is 0 Å². The first-order valence-corrected chi connectivity index (χ1v) is 4.99. The summed E-state index contributed by atoms with van der Waals surface area (Å²) < 4.78 is 0. The van der Waals surface area contributed by atoms with Gasteiger partial charge in [0.25, 0.3) is 0 Å². The molecule has 1 aliphatic heterocycles. The Morgan fingerprint density at radius 3 is 2.54 bits per heavy atom. The van der Waals surface area contributed by atoms with Crippen molar-refractivity contribution in [3.05, 3.63) is 0 Å². The smallest absolute Gasteiger partial charge is 0.320 e. The number of rotatable bonds is 2. The Labute approximate surface area is 79.7 Å². The molecule has 3 heteroatoms. The summed E-state index contributed by atoms with van der Waals surface area (Å²) in [6.07, 6.45) is 1.12. The highest BCUT2D eigenvalue weighted by Gasteiger charge is 2.28. The van der Waals surface area contributed by atoms with Crippen LogP contribution in [0.4, 0.5) is 0 Å². The third kappa shape index (κ3) is 2.44. The Hall–Kier alpha value is -0.570. The monoisotopic (exact) mass is 185 g/mol. The molecule has 0 amide bonds. The summed E-state index contributed by atoms with van der Waals surface area (Å²) in [7, 11) is 0. The van der Waals surface area contributed by atoms with Crippen molar-refractivity contribution in [3.8, 4) is 0 Å². The van der Waals surface area contributed by atoms with Crippen LogP contribution < -0.4 is 0 Å². The number of likely N-dealkylation sites (tertiary alicyclic amines) is 1. The number of hydrogen-bond acceptors (Lipinski definition) is 2. The number of nitrogens with zero attached hydrogens (tertiary/aromatic N) is 1. The molecule has 0 radical (unpaired) electrons. The second kappa shape index (κ2) is 4.09. The molecule has 0 bridgehead atoms. The van der Waals surface area contributed by atoms with Crippen LogP contribution in [-0.4, -0.2) is 35.1 Å². The van der Waals surface area contributed by atoms with Crippen molar-refractivity contribution in [3.63, 3.8) is 0 Å². The predicted octanol–water partition coefficient (Wildman–Crippen LogP) is 1.44. The van der Waals surface area contributed by atoms with E-state index in [0.29, 0.717) is 5.92 Å². The van der Waals surface area contributed by atoms with Crippen LogP contribution in [0.25, 0.3) is 0 Å². The maximum absolute atomic E-state index is 10.7. The van der Waals surface area contributed by atoms with Gasteiger partial charge in [0.15, 0.2) is 0 Å². The Morgan fingerprint density at radius 1 is 1.46 bits per heavy atom. The summed E-state index contributed by atoms with van der Waals surface area (Å²) in [4.78, 5) is 12.8. The number of carboxylic acid groups (broad SMARTS) is 1. The van der Waals surface area contributed by atoms with E-state index in [1.807, 2.05) is 0 Å². The van der Waals surface area contributed by atoms with E-state index in [1.54, 1.807) is 6.92 Å². The van der Waals surface area contributed by atoms with Crippen LogP contribution in [0.15, 0.2) is 0 Å². The molecule has 3 nitrogen and oxygen atoms in total. The van der Waals surface area contributed by atoms with Crippen molar-refractivity contribution in [1.82, 2.24) is 4.90 Å². The lowest BCUT2D eigenvalue weighted by atomic mass is 9.88. The van der Waals surface area contributed by atoms with Crippen LogP contribution >= 0.6 is 0 Å². The first kappa shape index (κ1) is 10.5. The second-order valence-corrected chi connectivity index (χ2v) is 4.25. The minimum absolute atomic E-state index is 0.324. The van der Waals surface area contributed by atoms with Crippen molar-refractivity contribution in [1.29, 1.82) is 0 Å². The molecule has 3 atom stereocenters. The maximum atomic E-state index is 10.7. The fourth-order valence-electron chi connectivity index (χ4n) is 1.80. The third-order valence-electron chi connectivity index (χ3n) is 3.27. The van der Waals surface area contributed by atoms with Crippen molar-refractivity contribution in [2.24, 2.45) is 11.8 Å². The summed E-state index contributed by atoms with van der Waals surface area (Å²) in [6, 6.07) is -0.324. The lowest BCUT2D eigenvalue weighted by Gasteiger charge is -2.37. The lowest BCUT2D eigenvalue weighted by molar-refractivity contribution is -0.143.